The molecule has 2 aliphatic heterocycles. The minimum Gasteiger partial charge on any atom is -0.465 e. The number of hydrogen-bond donors (Lipinski definition) is 4. The van der Waals surface area contributed by atoms with Gasteiger partial charge in [-0.3, -0.25) is 14.5 Å². The number of aromatic amines is 2. The number of likely N-dealkylation sites (tertiary alicyclic amines) is 2. The van der Waals surface area contributed by atoms with Crippen molar-refractivity contribution in [2.24, 2.45) is 11.8 Å². The number of ether oxygens (including phenoxy) is 1. The van der Waals surface area contributed by atoms with Gasteiger partial charge in [0, 0.05) is 54.8 Å². The van der Waals surface area contributed by atoms with E-state index in [1.54, 1.807) is 4.90 Å². The Labute approximate surface area is 339 Å². The molecule has 306 valence electrons. The second-order valence-electron chi connectivity index (χ2n) is 15.8. The zero-order valence-corrected chi connectivity index (χ0v) is 34.1. The third kappa shape index (κ3) is 9.36. The van der Waals surface area contributed by atoms with Crippen LogP contribution < -0.4 is 5.32 Å². The fourth-order valence-electron chi connectivity index (χ4n) is 7.93. The molecule has 0 unspecified atom stereocenters. The molecule has 0 spiro atoms. The molecule has 2 aromatic heterocycles. The van der Waals surface area contributed by atoms with Crippen molar-refractivity contribution < 1.29 is 29.0 Å². The predicted octanol–water partition coefficient (Wildman–Crippen LogP) is 6.99. The van der Waals surface area contributed by atoms with Crippen molar-refractivity contribution in [1.29, 1.82) is 0 Å². The largest absolute Gasteiger partial charge is 0.465 e. The molecule has 6 rings (SSSR count). The number of carbonyl (C=O) groups excluding carboxylic acids is 3. The highest BCUT2D eigenvalue weighted by Crippen LogP contribution is 2.34. The van der Waals surface area contributed by atoms with Crippen LogP contribution >= 0.6 is 0 Å². The van der Waals surface area contributed by atoms with Crippen molar-refractivity contribution in [1.82, 2.24) is 40.0 Å². The van der Waals surface area contributed by atoms with Gasteiger partial charge in [-0.05, 0) is 74.6 Å². The lowest BCUT2D eigenvalue weighted by Gasteiger charge is -2.39. The normalized spacial score (nSPS) is 17.9. The van der Waals surface area contributed by atoms with Crippen LogP contribution in [0.4, 0.5) is 9.59 Å². The molecule has 0 radical (unpaired) electrons. The van der Waals surface area contributed by atoms with Gasteiger partial charge >= 0.3 is 12.2 Å². The summed E-state index contributed by atoms with van der Waals surface area (Å²) >= 11 is 0. The predicted molar refractivity (Wildman–Crippen MR) is 219 cm³/mol. The fourth-order valence-corrected chi connectivity index (χ4v) is 7.93. The van der Waals surface area contributed by atoms with E-state index in [2.05, 4.69) is 27.1 Å². The number of hydrogen-bond acceptors (Lipinski definition) is 7. The van der Waals surface area contributed by atoms with E-state index in [1.165, 1.54) is 14.2 Å². The van der Waals surface area contributed by atoms with E-state index in [9.17, 15) is 24.3 Å². The van der Waals surface area contributed by atoms with Crippen molar-refractivity contribution in [2.45, 2.75) is 90.4 Å². The molecule has 4 N–H and O–H groups in total. The number of benzene rings is 2. The van der Waals surface area contributed by atoms with E-state index in [0.717, 1.165) is 77.1 Å². The van der Waals surface area contributed by atoms with E-state index in [-0.39, 0.29) is 35.7 Å². The van der Waals surface area contributed by atoms with Gasteiger partial charge in [-0.1, -0.05) is 63.8 Å². The van der Waals surface area contributed by atoms with Gasteiger partial charge in [0.25, 0.3) is 0 Å². The second-order valence-corrected chi connectivity index (χ2v) is 15.8. The summed E-state index contributed by atoms with van der Waals surface area (Å²) in [6.07, 6.45) is 7.14. The van der Waals surface area contributed by atoms with Crippen LogP contribution in [0.2, 0.25) is 0 Å². The Balaban J connectivity index is 1.10. The van der Waals surface area contributed by atoms with Crippen molar-refractivity contribution in [2.75, 3.05) is 27.2 Å². The van der Waals surface area contributed by atoms with E-state index < -0.39 is 24.3 Å². The van der Waals surface area contributed by atoms with Crippen LogP contribution in [0, 0.1) is 23.7 Å². The molecule has 2 aliphatic rings. The van der Waals surface area contributed by atoms with Gasteiger partial charge in [-0.25, -0.2) is 19.6 Å². The quantitative estimate of drug-likeness (QED) is 0.124. The minimum atomic E-state index is -1.13. The molecule has 58 heavy (non-hydrogen) atoms. The molecule has 0 bridgehead atoms. The number of piperidine rings is 2. The lowest BCUT2D eigenvalue weighted by atomic mass is 9.96. The molecule has 4 heterocycles. The summed E-state index contributed by atoms with van der Waals surface area (Å²) in [5, 5.41) is 12.3. The molecule has 2 aromatic carbocycles. The van der Waals surface area contributed by atoms with E-state index in [0.29, 0.717) is 24.7 Å². The molecule has 14 nitrogen and oxygen atoms in total. The number of methoxy groups -OCH3 is 1. The number of nitrogens with one attached hydrogen (secondary N) is 3. The van der Waals surface area contributed by atoms with Gasteiger partial charge in [0.15, 0.2) is 0 Å². The van der Waals surface area contributed by atoms with Crippen LogP contribution in [0.5, 0.6) is 0 Å². The van der Waals surface area contributed by atoms with Crippen molar-refractivity contribution >= 4 is 24.0 Å². The summed E-state index contributed by atoms with van der Waals surface area (Å²) in [5.74, 6) is 7.27. The molecule has 4 amide bonds. The number of carboxylic acid groups (broad SMARTS) is 1. The van der Waals surface area contributed by atoms with Crippen LogP contribution in [-0.2, 0) is 14.3 Å². The molecule has 2 saturated heterocycles. The van der Waals surface area contributed by atoms with Crippen molar-refractivity contribution in [3.8, 4) is 34.4 Å². The summed E-state index contributed by atoms with van der Waals surface area (Å²) < 4.78 is 4.77. The van der Waals surface area contributed by atoms with Crippen LogP contribution in [0.3, 0.4) is 0 Å². The first-order valence-electron chi connectivity index (χ1n) is 20.1. The lowest BCUT2D eigenvalue weighted by Crippen LogP contribution is -2.53. The van der Waals surface area contributed by atoms with E-state index in [1.807, 2.05) is 93.5 Å². The number of imidazole rings is 2. The number of H-pyrrole nitrogens is 2. The highest BCUT2D eigenvalue weighted by atomic mass is 16.5. The molecular weight excluding hydrogens is 737 g/mol. The van der Waals surface area contributed by atoms with Crippen LogP contribution in [0.25, 0.3) is 22.5 Å². The Morgan fingerprint density at radius 2 is 1.22 bits per heavy atom. The standard InChI is InChI=1S/C44H54N8O6/c1-27(2)37(49-43(55)58-6)41(53)51-23-9-7-11-35(51)39-45-25-33(47-39)31-19-15-29(16-20-31)13-14-30-17-21-32(22-18-30)34-26-46-40(48-34)36-12-8-10-24-52(36)42(54)38(28(3)4)50(5)44(56)57/h15-22,25-28,35-38H,7-12,23-24H2,1-6H3,(H,45,47)(H,46,48)(H,49,55)(H,56,57)/t35-,36-,37-,38-/m0/s1. The van der Waals surface area contributed by atoms with Crippen LogP contribution in [0.15, 0.2) is 60.9 Å². The fraction of sp³-hybridized carbons (Fsp3) is 0.455. The average molecular weight is 791 g/mol. The van der Waals surface area contributed by atoms with Gasteiger partial charge in [-0.15, -0.1) is 0 Å². The minimum absolute atomic E-state index is 0.113. The number of rotatable bonds is 10. The molecular formula is C44H54N8O6. The maximum atomic E-state index is 13.7. The SMILES string of the molecule is COC(=O)N[C@H](C(=O)N1CCCC[C@H]1c1nc(-c2ccc(C#Cc3ccc(-c4c[nH]c([C@@H]5CCCCN5C(=O)[C@H](C(C)C)N(C)C(=O)O)n4)cc3)cc2)c[nH]1)C(C)C. The summed E-state index contributed by atoms with van der Waals surface area (Å²) in [6.45, 7) is 8.67. The van der Waals surface area contributed by atoms with Gasteiger partial charge in [0.05, 0.1) is 30.6 Å². The van der Waals surface area contributed by atoms with Crippen LogP contribution in [-0.4, -0.2) is 103 Å². The Morgan fingerprint density at radius 1 is 0.759 bits per heavy atom. The zero-order chi connectivity index (χ0) is 41.5. The van der Waals surface area contributed by atoms with Crippen LogP contribution in [0.1, 0.15) is 101 Å². The number of nitrogens with zero attached hydrogens (tertiary/aromatic N) is 5. The van der Waals surface area contributed by atoms with Crippen molar-refractivity contribution in [3.05, 3.63) is 83.7 Å². The third-order valence-electron chi connectivity index (χ3n) is 11.1. The smallest absolute Gasteiger partial charge is 0.407 e. The summed E-state index contributed by atoms with van der Waals surface area (Å²) in [7, 11) is 2.74. The number of likely N-dealkylation sites (N-methyl/N-ethyl adjacent to an activating group) is 1. The molecule has 14 heteroatoms. The Morgan fingerprint density at radius 3 is 1.64 bits per heavy atom. The van der Waals surface area contributed by atoms with Gasteiger partial charge in [0.1, 0.15) is 23.7 Å². The molecule has 0 saturated carbocycles. The van der Waals surface area contributed by atoms with E-state index in [4.69, 9.17) is 14.7 Å². The average Bonchev–Trinajstić information content (AvgIpc) is 3.93. The van der Waals surface area contributed by atoms with Crippen molar-refractivity contribution in [3.63, 3.8) is 0 Å². The first kappa shape index (κ1) is 41.5. The Hall–Kier alpha value is -6.10. The summed E-state index contributed by atoms with van der Waals surface area (Å²) in [6, 6.07) is 13.8. The van der Waals surface area contributed by atoms with Gasteiger partial charge in [-0.2, -0.15) is 0 Å². The first-order valence-corrected chi connectivity index (χ1v) is 20.1. The van der Waals surface area contributed by atoms with E-state index >= 15 is 0 Å². The van der Waals surface area contributed by atoms with Gasteiger partial charge in [0.2, 0.25) is 11.8 Å². The topological polar surface area (TPSA) is 177 Å². The summed E-state index contributed by atoms with van der Waals surface area (Å²) in [4.78, 5) is 72.2. The second kappa shape index (κ2) is 18.4. The van der Waals surface area contributed by atoms with Gasteiger partial charge < -0.3 is 34.9 Å². The number of alkyl carbamates (subject to hydrolysis) is 1. The molecule has 4 atom stereocenters. The Bertz CT molecular complexity index is 2130. The number of amides is 4. The molecule has 0 aliphatic carbocycles. The monoisotopic (exact) mass is 790 g/mol. The highest BCUT2D eigenvalue weighted by Gasteiger charge is 2.39. The highest BCUT2D eigenvalue weighted by molar-refractivity contribution is 5.87. The molecule has 2 fully saturated rings. The zero-order valence-electron chi connectivity index (χ0n) is 34.1. The first-order chi connectivity index (χ1) is 27.9. The third-order valence-corrected chi connectivity index (χ3v) is 11.1. The maximum Gasteiger partial charge on any atom is 0.407 e. The number of aromatic nitrogens is 4. The molecule has 4 aromatic rings. The number of carbonyl (C=O) groups is 4. The summed E-state index contributed by atoms with van der Waals surface area (Å²) in [5.41, 5.74) is 5.05. The Kier molecular flexibility index (Phi) is 13.2. The maximum absolute atomic E-state index is 13.7. The lowest BCUT2D eigenvalue weighted by molar-refractivity contribution is -0.141.